The van der Waals surface area contributed by atoms with Crippen LogP contribution in [0.25, 0.3) is 0 Å². The number of nitrogens with zero attached hydrogens (tertiary/aromatic N) is 1. The molecule has 2 fully saturated rings. The van der Waals surface area contributed by atoms with Crippen molar-refractivity contribution in [2.45, 2.75) is 42.0 Å². The van der Waals surface area contributed by atoms with Gasteiger partial charge in [-0.2, -0.15) is 0 Å². The third kappa shape index (κ3) is 4.69. The molecule has 2 aliphatic heterocycles. The van der Waals surface area contributed by atoms with Crippen LogP contribution in [0.4, 0.5) is 8.78 Å². The second-order valence-corrected chi connectivity index (χ2v) is 10.1. The van der Waals surface area contributed by atoms with Crippen LogP contribution in [-0.2, 0) is 25.0 Å². The number of carbonyl (C=O) groups is 1. The average molecular weight is 465 g/mol. The summed E-state index contributed by atoms with van der Waals surface area (Å²) in [5.74, 6) is -0.947. The van der Waals surface area contributed by atoms with E-state index in [0.29, 0.717) is 57.6 Å². The Hall–Kier alpha value is -2.36. The zero-order chi connectivity index (χ0) is 22.8. The van der Waals surface area contributed by atoms with E-state index < -0.39 is 21.3 Å². The average Bonchev–Trinajstić information content (AvgIpc) is 2.79. The number of rotatable bonds is 5. The molecule has 0 radical (unpaired) electrons. The predicted octanol–water partition coefficient (Wildman–Crippen LogP) is 2.98. The van der Waals surface area contributed by atoms with Gasteiger partial charge in [0.2, 0.25) is 15.9 Å². The van der Waals surface area contributed by atoms with E-state index in [4.69, 9.17) is 4.74 Å². The molecule has 2 aromatic carbocycles. The van der Waals surface area contributed by atoms with Gasteiger partial charge in [0.25, 0.3) is 0 Å². The van der Waals surface area contributed by atoms with Crippen LogP contribution in [0, 0.1) is 11.6 Å². The normalized spacial score (nSPS) is 19.6. The third-order valence-corrected chi connectivity index (χ3v) is 7.90. The molecule has 2 heterocycles. The van der Waals surface area contributed by atoms with Crippen LogP contribution in [0.5, 0.6) is 0 Å². The lowest BCUT2D eigenvalue weighted by Gasteiger charge is -2.42. The number of piperidine rings is 1. The van der Waals surface area contributed by atoms with Crippen molar-refractivity contribution in [3.63, 3.8) is 0 Å². The van der Waals surface area contributed by atoms with E-state index in [9.17, 15) is 22.0 Å². The van der Waals surface area contributed by atoms with E-state index in [1.807, 2.05) is 0 Å². The Kier molecular flexibility index (Phi) is 6.60. The predicted molar refractivity (Wildman–Crippen MR) is 114 cm³/mol. The minimum Gasteiger partial charge on any atom is -0.381 e. The maximum atomic E-state index is 13.9. The highest BCUT2D eigenvalue weighted by atomic mass is 32.2. The summed E-state index contributed by atoms with van der Waals surface area (Å²) in [5, 5.41) is 0. The summed E-state index contributed by atoms with van der Waals surface area (Å²) in [5.41, 5.74) is -0.175. The van der Waals surface area contributed by atoms with Crippen molar-refractivity contribution in [2.75, 3.05) is 26.3 Å². The Morgan fingerprint density at radius 1 is 1.00 bits per heavy atom. The van der Waals surface area contributed by atoms with Crippen LogP contribution < -0.4 is 4.72 Å². The van der Waals surface area contributed by atoms with Gasteiger partial charge in [-0.15, -0.1) is 0 Å². The number of hydrogen-bond donors (Lipinski definition) is 1. The van der Waals surface area contributed by atoms with Crippen molar-refractivity contribution in [3.8, 4) is 0 Å². The van der Waals surface area contributed by atoms with Gasteiger partial charge in [-0.25, -0.2) is 21.9 Å². The van der Waals surface area contributed by atoms with E-state index in [2.05, 4.69) is 4.72 Å². The summed E-state index contributed by atoms with van der Waals surface area (Å²) in [7, 11) is -3.77. The number of carbonyl (C=O) groups excluding carboxylic acids is 1. The molecule has 32 heavy (non-hydrogen) atoms. The van der Waals surface area contributed by atoms with E-state index in [0.717, 1.165) is 12.1 Å². The first-order chi connectivity index (χ1) is 15.3. The maximum absolute atomic E-state index is 13.9. The van der Waals surface area contributed by atoms with E-state index in [1.165, 1.54) is 24.3 Å². The Morgan fingerprint density at radius 3 is 2.28 bits per heavy atom. The van der Waals surface area contributed by atoms with Crippen molar-refractivity contribution in [3.05, 3.63) is 65.7 Å². The summed E-state index contributed by atoms with van der Waals surface area (Å²) in [6.07, 6.45) is 1.88. The van der Waals surface area contributed by atoms with Gasteiger partial charge < -0.3 is 9.64 Å². The van der Waals surface area contributed by atoms with Gasteiger partial charge in [-0.3, -0.25) is 4.79 Å². The number of benzene rings is 2. The van der Waals surface area contributed by atoms with Gasteiger partial charge in [-0.1, -0.05) is 12.1 Å². The van der Waals surface area contributed by atoms with Crippen LogP contribution in [0.1, 0.15) is 31.2 Å². The lowest BCUT2D eigenvalue weighted by Crippen LogP contribution is -2.54. The fraction of sp³-hybridized carbons (Fsp3) is 0.435. The summed E-state index contributed by atoms with van der Waals surface area (Å²) in [6, 6.07) is 10.5. The molecule has 2 aliphatic rings. The Morgan fingerprint density at radius 2 is 1.66 bits per heavy atom. The highest BCUT2D eigenvalue weighted by Crippen LogP contribution is 2.37. The molecule has 6 nitrogen and oxygen atoms in total. The summed E-state index contributed by atoms with van der Waals surface area (Å²) in [6.45, 7) is 1.65. The molecule has 0 saturated carbocycles. The molecule has 0 aliphatic carbocycles. The van der Waals surface area contributed by atoms with Gasteiger partial charge in [0.15, 0.2) is 0 Å². The molecule has 1 amide bonds. The first-order valence-electron chi connectivity index (χ1n) is 10.7. The van der Waals surface area contributed by atoms with E-state index in [-0.39, 0.29) is 22.7 Å². The van der Waals surface area contributed by atoms with Gasteiger partial charge in [0.05, 0.1) is 10.3 Å². The molecule has 0 spiro atoms. The van der Waals surface area contributed by atoms with Crippen molar-refractivity contribution in [1.29, 1.82) is 0 Å². The van der Waals surface area contributed by atoms with Crippen LogP contribution in [-0.4, -0.2) is 51.6 Å². The second-order valence-electron chi connectivity index (χ2n) is 8.35. The largest absolute Gasteiger partial charge is 0.381 e. The first kappa shape index (κ1) is 22.8. The molecule has 172 valence electrons. The van der Waals surface area contributed by atoms with Gasteiger partial charge >= 0.3 is 0 Å². The van der Waals surface area contributed by atoms with Gasteiger partial charge in [-0.05, 0) is 67.6 Å². The number of sulfonamides is 1. The lowest BCUT2D eigenvalue weighted by atomic mass is 9.72. The monoisotopic (exact) mass is 464 g/mol. The summed E-state index contributed by atoms with van der Waals surface area (Å²) in [4.78, 5) is 15.4. The quantitative estimate of drug-likeness (QED) is 0.738. The topological polar surface area (TPSA) is 75.7 Å². The molecule has 0 unspecified atom stereocenters. The van der Waals surface area contributed by atoms with E-state index in [1.54, 1.807) is 17.0 Å². The van der Waals surface area contributed by atoms with E-state index >= 15 is 0 Å². The smallest absolute Gasteiger partial charge is 0.240 e. The van der Waals surface area contributed by atoms with Crippen LogP contribution in [0.15, 0.2) is 53.4 Å². The molecule has 4 rings (SSSR count). The van der Waals surface area contributed by atoms with Crippen molar-refractivity contribution in [1.82, 2.24) is 9.62 Å². The second kappa shape index (κ2) is 9.25. The molecule has 2 aromatic rings. The highest BCUT2D eigenvalue weighted by molar-refractivity contribution is 7.89. The van der Waals surface area contributed by atoms with Crippen LogP contribution in [0.2, 0.25) is 0 Å². The summed E-state index contributed by atoms with van der Waals surface area (Å²) >= 11 is 0. The Bertz CT molecular complexity index is 1060. The fourth-order valence-electron chi connectivity index (χ4n) is 4.54. The lowest BCUT2D eigenvalue weighted by molar-refractivity contribution is -0.142. The fourth-order valence-corrected chi connectivity index (χ4v) is 5.84. The zero-order valence-electron chi connectivity index (χ0n) is 17.6. The molecule has 2 saturated heterocycles. The molecular formula is C23H26F2N2O4S. The minimum atomic E-state index is -3.77. The molecule has 1 N–H and O–H groups in total. The molecule has 0 bridgehead atoms. The maximum Gasteiger partial charge on any atom is 0.240 e. The Labute approximate surface area is 186 Å². The number of ether oxygens (including phenoxy) is 1. The number of halogens is 2. The first-order valence-corrected chi connectivity index (χ1v) is 12.2. The van der Waals surface area contributed by atoms with Crippen LogP contribution in [0.3, 0.4) is 0 Å². The zero-order valence-corrected chi connectivity index (χ0v) is 18.4. The molecular weight excluding hydrogens is 438 g/mol. The minimum absolute atomic E-state index is 0.00432. The summed E-state index contributed by atoms with van der Waals surface area (Å²) < 4.78 is 60.3. The van der Waals surface area contributed by atoms with Crippen molar-refractivity contribution >= 4 is 15.9 Å². The molecule has 0 aromatic heterocycles. The van der Waals surface area contributed by atoms with Crippen molar-refractivity contribution < 1.29 is 26.7 Å². The number of amides is 1. The highest BCUT2D eigenvalue weighted by Gasteiger charge is 2.45. The number of likely N-dealkylation sites (tertiary alicyclic amines) is 1. The van der Waals surface area contributed by atoms with Crippen LogP contribution >= 0.6 is 0 Å². The number of hydrogen-bond acceptors (Lipinski definition) is 4. The van der Waals surface area contributed by atoms with Gasteiger partial charge in [0, 0.05) is 32.3 Å². The standard InChI is InChI=1S/C23H26F2N2O4S/c24-18-4-6-21(7-5-18)32(29,30)26-20-8-12-27(13-9-20)22(28)23(10-14-31-15-11-23)17-2-1-3-19(25)16-17/h1-7,16,20,26H,8-15H2. The Balaban J connectivity index is 1.44. The number of nitrogens with one attached hydrogen (secondary N) is 1. The third-order valence-electron chi connectivity index (χ3n) is 6.36. The van der Waals surface area contributed by atoms with Gasteiger partial charge in [0.1, 0.15) is 11.6 Å². The SMILES string of the molecule is O=C(N1CCC(NS(=O)(=O)c2ccc(F)cc2)CC1)C1(c2cccc(F)c2)CCOCC1. The van der Waals surface area contributed by atoms with Crippen molar-refractivity contribution in [2.24, 2.45) is 0 Å². The molecule has 0 atom stereocenters. The molecule has 9 heteroatoms.